The molecule has 1 aliphatic heterocycles. The summed E-state index contributed by atoms with van der Waals surface area (Å²) in [5, 5.41) is 0. The molecule has 5 nitrogen and oxygen atoms in total. The molecule has 4 rings (SSSR count). The molecule has 2 heterocycles. The van der Waals surface area contributed by atoms with E-state index in [1.807, 2.05) is 0 Å². The standard InChI is InChI=1S/C23H16FNO4S2/c1-2-28-22(27)15-5-3-14(4-6-15)19-12-11-18(29-19)13-20-21(26)25(23(30)31-20)17-9-7-16(24)8-10-17/h3-13H,2H2,1H3/b20-13+. The van der Waals surface area contributed by atoms with Crippen molar-refractivity contribution in [1.29, 1.82) is 0 Å². The Kier molecular flexibility index (Phi) is 6.01. The van der Waals surface area contributed by atoms with Gasteiger partial charge in [0.1, 0.15) is 17.3 Å². The molecule has 0 unspecified atom stereocenters. The first-order valence-corrected chi connectivity index (χ1v) is 10.6. The fraction of sp³-hybridized carbons (Fsp3) is 0.0870. The van der Waals surface area contributed by atoms with E-state index in [0.717, 1.165) is 17.3 Å². The second-order valence-electron chi connectivity index (χ2n) is 6.49. The van der Waals surface area contributed by atoms with Crippen LogP contribution in [0.5, 0.6) is 0 Å². The molecule has 0 saturated carbocycles. The molecule has 31 heavy (non-hydrogen) atoms. The van der Waals surface area contributed by atoms with Crippen LogP contribution in [0.25, 0.3) is 17.4 Å². The van der Waals surface area contributed by atoms with Crippen LogP contribution in [0, 0.1) is 5.82 Å². The number of hydrogen-bond acceptors (Lipinski definition) is 6. The number of carbonyl (C=O) groups is 2. The van der Waals surface area contributed by atoms with E-state index in [-0.39, 0.29) is 17.7 Å². The molecule has 156 valence electrons. The van der Waals surface area contributed by atoms with Crippen LogP contribution in [0.3, 0.4) is 0 Å². The van der Waals surface area contributed by atoms with E-state index >= 15 is 0 Å². The average molecular weight is 454 g/mol. The van der Waals surface area contributed by atoms with E-state index in [2.05, 4.69) is 0 Å². The largest absolute Gasteiger partial charge is 0.462 e. The first-order chi connectivity index (χ1) is 15.0. The highest BCUT2D eigenvalue weighted by Crippen LogP contribution is 2.36. The van der Waals surface area contributed by atoms with Crippen LogP contribution >= 0.6 is 24.0 Å². The number of furan rings is 1. The number of carbonyl (C=O) groups excluding carboxylic acids is 2. The lowest BCUT2D eigenvalue weighted by atomic mass is 10.1. The molecule has 8 heteroatoms. The monoisotopic (exact) mass is 453 g/mol. The SMILES string of the molecule is CCOC(=O)c1ccc(-c2ccc(/C=C3/SC(=S)N(c4ccc(F)cc4)C3=O)o2)cc1. The minimum Gasteiger partial charge on any atom is -0.462 e. The summed E-state index contributed by atoms with van der Waals surface area (Å²) in [4.78, 5) is 26.4. The Bertz CT molecular complexity index is 1180. The molecule has 2 aromatic carbocycles. The van der Waals surface area contributed by atoms with E-state index < -0.39 is 0 Å². The number of ether oxygens (including phenoxy) is 1. The topological polar surface area (TPSA) is 59.8 Å². The Morgan fingerprint density at radius 2 is 1.84 bits per heavy atom. The number of nitrogens with zero attached hydrogens (tertiary/aromatic N) is 1. The summed E-state index contributed by atoms with van der Waals surface area (Å²) in [5.74, 6) is 0.0265. The molecule has 1 saturated heterocycles. The van der Waals surface area contributed by atoms with Gasteiger partial charge in [-0.2, -0.15) is 0 Å². The highest BCUT2D eigenvalue weighted by molar-refractivity contribution is 8.27. The zero-order valence-corrected chi connectivity index (χ0v) is 18.0. The summed E-state index contributed by atoms with van der Waals surface area (Å²) >= 11 is 6.48. The number of benzene rings is 2. The number of hydrogen-bond donors (Lipinski definition) is 0. The smallest absolute Gasteiger partial charge is 0.338 e. The number of rotatable bonds is 5. The lowest BCUT2D eigenvalue weighted by Crippen LogP contribution is -2.27. The molecule has 1 fully saturated rings. The quantitative estimate of drug-likeness (QED) is 0.282. The van der Waals surface area contributed by atoms with Crippen LogP contribution in [0.15, 0.2) is 70.0 Å². The van der Waals surface area contributed by atoms with Crippen molar-refractivity contribution in [3.8, 4) is 11.3 Å². The first-order valence-electron chi connectivity index (χ1n) is 9.37. The number of esters is 1. The minimum atomic E-state index is -0.386. The van der Waals surface area contributed by atoms with Gasteiger partial charge in [-0.15, -0.1) is 0 Å². The third-order valence-corrected chi connectivity index (χ3v) is 5.76. The zero-order valence-electron chi connectivity index (χ0n) is 16.3. The summed E-state index contributed by atoms with van der Waals surface area (Å²) in [6.07, 6.45) is 1.62. The van der Waals surface area contributed by atoms with Crippen LogP contribution in [0.1, 0.15) is 23.0 Å². The molecule has 1 aliphatic rings. The summed E-state index contributed by atoms with van der Waals surface area (Å²) in [6.45, 7) is 2.07. The van der Waals surface area contributed by atoms with Crippen LogP contribution in [-0.2, 0) is 9.53 Å². The maximum atomic E-state index is 13.2. The Labute approximate surface area is 187 Å². The van der Waals surface area contributed by atoms with Crippen molar-refractivity contribution in [1.82, 2.24) is 0 Å². The molecular formula is C23H16FNO4S2. The summed E-state index contributed by atoms with van der Waals surface area (Å²) < 4.78 is 24.4. The molecule has 0 aliphatic carbocycles. The van der Waals surface area contributed by atoms with Gasteiger partial charge in [-0.1, -0.05) is 36.1 Å². The van der Waals surface area contributed by atoms with Crippen LogP contribution < -0.4 is 4.90 Å². The van der Waals surface area contributed by atoms with Gasteiger partial charge in [0.25, 0.3) is 5.91 Å². The minimum absolute atomic E-state index is 0.293. The van der Waals surface area contributed by atoms with E-state index in [1.165, 1.54) is 29.2 Å². The third-order valence-electron chi connectivity index (χ3n) is 4.46. The lowest BCUT2D eigenvalue weighted by molar-refractivity contribution is -0.113. The average Bonchev–Trinajstić information content (AvgIpc) is 3.34. The van der Waals surface area contributed by atoms with Gasteiger partial charge >= 0.3 is 5.97 Å². The summed E-state index contributed by atoms with van der Waals surface area (Å²) in [5.41, 5.74) is 1.75. The molecule has 0 bridgehead atoms. The van der Waals surface area contributed by atoms with E-state index in [0.29, 0.717) is 38.6 Å². The Hall–Kier alpha value is -3.23. The maximum Gasteiger partial charge on any atom is 0.338 e. The van der Waals surface area contributed by atoms with Crippen molar-refractivity contribution in [2.75, 3.05) is 11.5 Å². The number of halogens is 1. The van der Waals surface area contributed by atoms with E-state index in [1.54, 1.807) is 49.4 Å². The second-order valence-corrected chi connectivity index (χ2v) is 8.17. The predicted molar refractivity (Wildman–Crippen MR) is 122 cm³/mol. The highest BCUT2D eigenvalue weighted by atomic mass is 32.2. The molecule has 0 radical (unpaired) electrons. The number of amides is 1. The van der Waals surface area contributed by atoms with Crippen molar-refractivity contribution >= 4 is 51.9 Å². The fourth-order valence-corrected chi connectivity index (χ4v) is 4.26. The molecule has 0 spiro atoms. The Morgan fingerprint density at radius 1 is 1.13 bits per heavy atom. The van der Waals surface area contributed by atoms with Crippen molar-refractivity contribution in [3.63, 3.8) is 0 Å². The molecule has 1 amide bonds. The van der Waals surface area contributed by atoms with Gasteiger partial charge < -0.3 is 9.15 Å². The van der Waals surface area contributed by atoms with Gasteiger partial charge in [0.2, 0.25) is 0 Å². The van der Waals surface area contributed by atoms with Crippen molar-refractivity contribution in [2.45, 2.75) is 6.92 Å². The molecular weight excluding hydrogens is 437 g/mol. The number of thioether (sulfide) groups is 1. The number of anilines is 1. The van der Waals surface area contributed by atoms with E-state index in [4.69, 9.17) is 21.4 Å². The van der Waals surface area contributed by atoms with Crippen molar-refractivity contribution < 1.29 is 23.1 Å². The maximum absolute atomic E-state index is 13.2. The van der Waals surface area contributed by atoms with Gasteiger partial charge in [-0.05, 0) is 55.5 Å². The highest BCUT2D eigenvalue weighted by Gasteiger charge is 2.33. The fourth-order valence-electron chi connectivity index (χ4n) is 2.98. The molecule has 3 aromatic rings. The second kappa shape index (κ2) is 8.87. The van der Waals surface area contributed by atoms with Gasteiger partial charge in [0.15, 0.2) is 4.32 Å². The summed E-state index contributed by atoms with van der Waals surface area (Å²) in [7, 11) is 0. The molecule has 0 N–H and O–H groups in total. The molecule has 0 atom stereocenters. The zero-order chi connectivity index (χ0) is 22.0. The van der Waals surface area contributed by atoms with Gasteiger partial charge in [-0.3, -0.25) is 9.69 Å². The lowest BCUT2D eigenvalue weighted by Gasteiger charge is -2.14. The Morgan fingerprint density at radius 3 is 2.52 bits per heavy atom. The van der Waals surface area contributed by atoms with Gasteiger partial charge in [0, 0.05) is 11.6 Å². The van der Waals surface area contributed by atoms with Crippen LogP contribution in [0.4, 0.5) is 10.1 Å². The predicted octanol–water partition coefficient (Wildman–Crippen LogP) is 5.67. The van der Waals surface area contributed by atoms with Crippen LogP contribution in [0.2, 0.25) is 0 Å². The van der Waals surface area contributed by atoms with Crippen molar-refractivity contribution in [3.05, 3.63) is 82.7 Å². The van der Waals surface area contributed by atoms with Crippen molar-refractivity contribution in [2.24, 2.45) is 0 Å². The van der Waals surface area contributed by atoms with Gasteiger partial charge in [-0.25, -0.2) is 9.18 Å². The van der Waals surface area contributed by atoms with Crippen LogP contribution in [-0.4, -0.2) is 22.8 Å². The van der Waals surface area contributed by atoms with Gasteiger partial charge in [0.05, 0.1) is 22.8 Å². The normalized spacial score (nSPS) is 15.0. The Balaban J connectivity index is 1.53. The summed E-state index contributed by atoms with van der Waals surface area (Å²) in [6, 6.07) is 16.0. The third kappa shape index (κ3) is 4.45. The first kappa shape index (κ1) is 21.0. The number of thiocarbonyl (C=S) groups is 1. The van der Waals surface area contributed by atoms with E-state index in [9.17, 15) is 14.0 Å². The molecule has 1 aromatic heterocycles.